The van der Waals surface area contributed by atoms with Crippen LogP contribution in [-0.4, -0.2) is 20.7 Å². The molecule has 6 heteroatoms. The molecule has 0 fully saturated rings. The predicted octanol–water partition coefficient (Wildman–Crippen LogP) is 0.812. The second-order valence-corrected chi connectivity index (χ2v) is 4.67. The Morgan fingerprint density at radius 2 is 2.42 bits per heavy atom. The van der Waals surface area contributed by atoms with Gasteiger partial charge in [-0.15, -0.1) is 5.10 Å². The van der Waals surface area contributed by atoms with E-state index in [1.807, 2.05) is 6.92 Å². The second-order valence-electron chi connectivity index (χ2n) is 2.31. The van der Waals surface area contributed by atoms with Crippen molar-refractivity contribution in [1.29, 1.82) is 0 Å². The van der Waals surface area contributed by atoms with Crippen LogP contribution in [0.2, 0.25) is 0 Å². The van der Waals surface area contributed by atoms with Gasteiger partial charge >= 0.3 is 0 Å². The molecule has 66 valence electrons. The highest BCUT2D eigenvalue weighted by Gasteiger charge is 2.13. The fourth-order valence-electron chi connectivity index (χ4n) is 0.551. The van der Waals surface area contributed by atoms with Crippen molar-refractivity contribution >= 4 is 29.2 Å². The molecule has 0 aromatic carbocycles. The van der Waals surface area contributed by atoms with E-state index in [-0.39, 0.29) is 11.2 Å². The normalized spacial score (nSPS) is 12.8. The second kappa shape index (κ2) is 3.86. The van der Waals surface area contributed by atoms with E-state index in [9.17, 15) is 4.79 Å². The molecule has 1 unspecified atom stereocenters. The van der Waals surface area contributed by atoms with Gasteiger partial charge in [0, 0.05) is 0 Å². The van der Waals surface area contributed by atoms with Gasteiger partial charge in [-0.2, -0.15) is 0 Å². The van der Waals surface area contributed by atoms with E-state index in [1.54, 1.807) is 6.92 Å². The first kappa shape index (κ1) is 9.47. The summed E-state index contributed by atoms with van der Waals surface area (Å²) in [6.07, 6.45) is 0. The quantitative estimate of drug-likeness (QED) is 0.738. The minimum atomic E-state index is -0.312. The van der Waals surface area contributed by atoms with E-state index in [0.717, 1.165) is 9.90 Å². The number of carbonyl (C=O) groups excluding carboxylic acids is 1. The molecule has 0 aliphatic carbocycles. The van der Waals surface area contributed by atoms with Crippen molar-refractivity contribution in [1.82, 2.24) is 9.59 Å². The number of thioether (sulfide) groups is 1. The molecule has 1 heterocycles. The summed E-state index contributed by atoms with van der Waals surface area (Å²) >= 11 is 2.69. The van der Waals surface area contributed by atoms with Crippen molar-refractivity contribution < 1.29 is 4.79 Å². The van der Waals surface area contributed by atoms with E-state index in [1.165, 1.54) is 23.3 Å². The minimum Gasteiger partial charge on any atom is -0.369 e. The summed E-state index contributed by atoms with van der Waals surface area (Å²) in [4.78, 5) is 10.7. The van der Waals surface area contributed by atoms with Gasteiger partial charge in [0.2, 0.25) is 5.91 Å². The van der Waals surface area contributed by atoms with Crippen LogP contribution in [0.3, 0.4) is 0 Å². The largest absolute Gasteiger partial charge is 0.369 e. The average Bonchev–Trinajstić information content (AvgIpc) is 2.36. The molecule has 0 aliphatic rings. The molecule has 1 amide bonds. The van der Waals surface area contributed by atoms with Gasteiger partial charge in [-0.05, 0) is 25.4 Å². The van der Waals surface area contributed by atoms with E-state index < -0.39 is 0 Å². The molecular weight excluding hydrogens is 194 g/mol. The van der Waals surface area contributed by atoms with Crippen LogP contribution in [0, 0.1) is 6.92 Å². The molecule has 0 spiro atoms. The van der Waals surface area contributed by atoms with Gasteiger partial charge in [-0.1, -0.05) is 16.3 Å². The number of aryl methyl sites for hydroxylation is 1. The molecular formula is C6H9N3OS2. The van der Waals surface area contributed by atoms with Gasteiger partial charge in [-0.3, -0.25) is 4.79 Å². The topological polar surface area (TPSA) is 68.9 Å². The standard InChI is InChI=1S/C6H9N3OS2/c1-3-6(12-9-8-3)11-4(2)5(7)10/h4H,1-2H3,(H2,7,10). The van der Waals surface area contributed by atoms with Crippen molar-refractivity contribution in [2.24, 2.45) is 5.73 Å². The van der Waals surface area contributed by atoms with Gasteiger partial charge in [0.15, 0.2) is 0 Å². The fourth-order valence-corrected chi connectivity index (χ4v) is 2.32. The van der Waals surface area contributed by atoms with Gasteiger partial charge in [0.25, 0.3) is 0 Å². The van der Waals surface area contributed by atoms with Crippen molar-refractivity contribution in [2.45, 2.75) is 23.3 Å². The Bertz CT molecular complexity index is 286. The number of hydrogen-bond acceptors (Lipinski definition) is 5. The van der Waals surface area contributed by atoms with Crippen molar-refractivity contribution in [3.63, 3.8) is 0 Å². The number of aromatic nitrogens is 2. The van der Waals surface area contributed by atoms with Crippen LogP contribution < -0.4 is 5.73 Å². The molecule has 2 N–H and O–H groups in total. The number of nitrogens with two attached hydrogens (primary N) is 1. The molecule has 1 rings (SSSR count). The lowest BCUT2D eigenvalue weighted by Gasteiger charge is -2.03. The molecule has 0 saturated carbocycles. The summed E-state index contributed by atoms with van der Waals surface area (Å²) in [6, 6.07) is 0. The monoisotopic (exact) mass is 203 g/mol. The molecule has 0 bridgehead atoms. The number of rotatable bonds is 3. The maximum atomic E-state index is 10.7. The van der Waals surface area contributed by atoms with Crippen LogP contribution in [0.1, 0.15) is 12.6 Å². The van der Waals surface area contributed by atoms with Crippen LogP contribution in [0.5, 0.6) is 0 Å². The smallest absolute Gasteiger partial charge is 0.230 e. The molecule has 12 heavy (non-hydrogen) atoms. The first-order valence-corrected chi connectivity index (χ1v) is 5.01. The van der Waals surface area contributed by atoms with Gasteiger partial charge in [-0.25, -0.2) is 0 Å². The lowest BCUT2D eigenvalue weighted by molar-refractivity contribution is -0.117. The lowest BCUT2D eigenvalue weighted by Crippen LogP contribution is -2.22. The Kier molecular flexibility index (Phi) is 3.05. The summed E-state index contributed by atoms with van der Waals surface area (Å²) in [6.45, 7) is 3.63. The summed E-state index contributed by atoms with van der Waals surface area (Å²) in [5.74, 6) is -0.312. The third-order valence-electron chi connectivity index (χ3n) is 1.29. The molecule has 1 aromatic heterocycles. The zero-order chi connectivity index (χ0) is 9.14. The van der Waals surface area contributed by atoms with Crippen molar-refractivity contribution in [3.05, 3.63) is 5.69 Å². The minimum absolute atomic E-state index is 0.217. The third kappa shape index (κ3) is 2.18. The maximum Gasteiger partial charge on any atom is 0.230 e. The fraction of sp³-hybridized carbons (Fsp3) is 0.500. The Hall–Kier alpha value is -0.620. The Balaban J connectivity index is 2.64. The molecule has 0 saturated heterocycles. The molecule has 1 atom stereocenters. The molecule has 0 radical (unpaired) electrons. The zero-order valence-corrected chi connectivity index (χ0v) is 8.41. The van der Waals surface area contributed by atoms with Crippen LogP contribution in [0.4, 0.5) is 0 Å². The highest BCUT2D eigenvalue weighted by molar-refractivity contribution is 8.02. The maximum absolute atomic E-state index is 10.7. The number of nitrogens with zero attached hydrogens (tertiary/aromatic N) is 2. The molecule has 1 aromatic rings. The van der Waals surface area contributed by atoms with E-state index in [0.29, 0.717) is 0 Å². The van der Waals surface area contributed by atoms with Gasteiger partial charge < -0.3 is 5.73 Å². The summed E-state index contributed by atoms with van der Waals surface area (Å²) in [7, 11) is 0. The van der Waals surface area contributed by atoms with Crippen LogP contribution >= 0.6 is 23.3 Å². The van der Waals surface area contributed by atoms with Crippen molar-refractivity contribution in [3.8, 4) is 0 Å². The lowest BCUT2D eigenvalue weighted by atomic mass is 10.5. The summed E-state index contributed by atoms with van der Waals surface area (Å²) in [5.41, 5.74) is 5.97. The SMILES string of the molecule is Cc1nnsc1SC(C)C(N)=O. The van der Waals surface area contributed by atoms with Gasteiger partial charge in [0.05, 0.1) is 10.9 Å². The number of amides is 1. The predicted molar refractivity (Wildman–Crippen MR) is 49.2 cm³/mol. The Labute approximate surface area is 78.7 Å². The van der Waals surface area contributed by atoms with Gasteiger partial charge in [0.1, 0.15) is 4.21 Å². The molecule has 0 aliphatic heterocycles. The first-order valence-electron chi connectivity index (χ1n) is 3.36. The zero-order valence-electron chi connectivity index (χ0n) is 6.77. The summed E-state index contributed by atoms with van der Waals surface area (Å²) in [5, 5.41) is 3.61. The average molecular weight is 203 g/mol. The Morgan fingerprint density at radius 3 is 2.83 bits per heavy atom. The Morgan fingerprint density at radius 1 is 1.75 bits per heavy atom. The molecule has 4 nitrogen and oxygen atoms in total. The summed E-state index contributed by atoms with van der Waals surface area (Å²) < 4.78 is 4.71. The highest BCUT2D eigenvalue weighted by atomic mass is 32.2. The highest BCUT2D eigenvalue weighted by Crippen LogP contribution is 2.27. The van der Waals surface area contributed by atoms with Crippen LogP contribution in [0.15, 0.2) is 4.21 Å². The van der Waals surface area contributed by atoms with Crippen LogP contribution in [-0.2, 0) is 4.79 Å². The van der Waals surface area contributed by atoms with Crippen LogP contribution in [0.25, 0.3) is 0 Å². The third-order valence-corrected chi connectivity index (χ3v) is 3.53. The number of carbonyl (C=O) groups is 1. The number of hydrogen-bond donors (Lipinski definition) is 1. The first-order chi connectivity index (χ1) is 5.61. The number of primary amides is 1. The van der Waals surface area contributed by atoms with E-state index >= 15 is 0 Å². The van der Waals surface area contributed by atoms with E-state index in [2.05, 4.69) is 9.59 Å². The van der Waals surface area contributed by atoms with Crippen molar-refractivity contribution in [2.75, 3.05) is 0 Å². The van der Waals surface area contributed by atoms with E-state index in [4.69, 9.17) is 5.73 Å².